The lowest BCUT2D eigenvalue weighted by Gasteiger charge is -2.43. The third kappa shape index (κ3) is 10.3. The predicted molar refractivity (Wildman–Crippen MR) is 195 cm³/mol. The van der Waals surface area contributed by atoms with Crippen molar-refractivity contribution in [1.82, 2.24) is 4.90 Å². The highest BCUT2D eigenvalue weighted by atomic mass is 32.2. The standard InChI is InChI=1S/C35H48F13NO8S3/c1-6-22(60-16-24(50)51)27-26-25(28(52)49(29(26)53)7-8-55-11-12-56-10-9-54-3)21(57-27)15-23(59-5)19-13-18(17(2)58-4)14-20(19)30(36,37)31(38,39)32(40,41)33(42,43)34(44,45)35(46,47)48/h17-23,25-27H,6-16H2,1-5H3,(H,50,51). The van der Waals surface area contributed by atoms with Crippen LogP contribution in [0.25, 0.3) is 0 Å². The quantitative estimate of drug-likeness (QED) is 0.0549. The van der Waals surface area contributed by atoms with E-state index in [1.54, 1.807) is 6.92 Å². The number of carboxylic acids is 1. The average molecular weight is 954 g/mol. The van der Waals surface area contributed by atoms with Crippen molar-refractivity contribution >= 4 is 53.1 Å². The Balaban J connectivity index is 2.01. The SMILES string of the molecule is CCC(SCC(=O)O)C1OC(CC(SC)C2CC(C(C)SC)CC2C(F)(F)C(F)(F)C(F)(F)C(F)(F)C(F)(F)C(F)(F)F)C2C(=O)N(CCOCCOCCOC)C(=O)C12. The molecular weight excluding hydrogens is 906 g/mol. The second kappa shape index (κ2) is 20.6. The van der Waals surface area contributed by atoms with Crippen molar-refractivity contribution in [2.75, 3.05) is 65.0 Å². The van der Waals surface area contributed by atoms with Crippen LogP contribution in [0.15, 0.2) is 0 Å². The number of rotatable bonds is 25. The van der Waals surface area contributed by atoms with Crippen LogP contribution in [0.2, 0.25) is 0 Å². The van der Waals surface area contributed by atoms with E-state index < -0.39 is 136 Å². The molecule has 60 heavy (non-hydrogen) atoms. The molecule has 9 nitrogen and oxygen atoms in total. The van der Waals surface area contributed by atoms with Crippen LogP contribution in [0.4, 0.5) is 57.1 Å². The number of likely N-dealkylation sites (tertiary alicyclic amines) is 1. The number of carbonyl (C=O) groups excluding carboxylic acids is 2. The molecule has 2 heterocycles. The Bertz CT molecular complexity index is 1470. The van der Waals surface area contributed by atoms with Crippen LogP contribution in [0.3, 0.4) is 0 Å². The van der Waals surface area contributed by atoms with Crippen molar-refractivity contribution < 1.29 is 95.5 Å². The third-order valence-electron chi connectivity index (χ3n) is 11.4. The second-order valence-electron chi connectivity index (χ2n) is 14.8. The fourth-order valence-corrected chi connectivity index (χ4v) is 10.7. The van der Waals surface area contributed by atoms with Crippen molar-refractivity contribution in [1.29, 1.82) is 0 Å². The summed E-state index contributed by atoms with van der Waals surface area (Å²) in [6.07, 6.45) is -9.09. The van der Waals surface area contributed by atoms with E-state index in [-0.39, 0.29) is 39.4 Å². The zero-order valence-electron chi connectivity index (χ0n) is 32.9. The van der Waals surface area contributed by atoms with Crippen molar-refractivity contribution in [3.8, 4) is 0 Å². The number of aliphatic carboxylic acids is 1. The molecule has 0 radical (unpaired) electrons. The van der Waals surface area contributed by atoms with Gasteiger partial charge >= 0.3 is 41.8 Å². The number of alkyl halides is 13. The summed E-state index contributed by atoms with van der Waals surface area (Å²) in [6.45, 7) is 3.49. The van der Waals surface area contributed by atoms with Gasteiger partial charge in [0.1, 0.15) is 0 Å². The average Bonchev–Trinajstić information content (AvgIpc) is 3.84. The summed E-state index contributed by atoms with van der Waals surface area (Å²) in [5.41, 5.74) is 0. The highest BCUT2D eigenvalue weighted by Gasteiger charge is 2.91. The molecule has 2 aliphatic heterocycles. The van der Waals surface area contributed by atoms with Gasteiger partial charge in [0.15, 0.2) is 0 Å². The molecular formula is C35H48F13NO8S3. The first-order valence-corrected chi connectivity index (χ1v) is 22.3. The highest BCUT2D eigenvalue weighted by molar-refractivity contribution is 8.00. The van der Waals surface area contributed by atoms with Gasteiger partial charge in [-0.3, -0.25) is 19.3 Å². The summed E-state index contributed by atoms with van der Waals surface area (Å²) >= 11 is 2.64. The molecule has 0 aromatic heterocycles. The predicted octanol–water partition coefficient (Wildman–Crippen LogP) is 7.89. The van der Waals surface area contributed by atoms with E-state index >= 15 is 17.6 Å². The van der Waals surface area contributed by atoms with Gasteiger partial charge in [0, 0.05) is 28.8 Å². The molecule has 0 bridgehead atoms. The number of nitrogens with zero attached hydrogens (tertiary/aromatic N) is 1. The van der Waals surface area contributed by atoms with Gasteiger partial charge < -0.3 is 24.1 Å². The van der Waals surface area contributed by atoms with Crippen molar-refractivity contribution in [3.63, 3.8) is 0 Å². The first kappa shape index (κ1) is 52.9. The number of imide groups is 1. The van der Waals surface area contributed by atoms with Crippen LogP contribution in [0.1, 0.15) is 39.5 Å². The topological polar surface area (TPSA) is 112 Å². The lowest BCUT2D eigenvalue weighted by Crippen LogP contribution is -2.71. The number of thioether (sulfide) groups is 3. The lowest BCUT2D eigenvalue weighted by atomic mass is 9.78. The summed E-state index contributed by atoms with van der Waals surface area (Å²) in [4.78, 5) is 40.2. The zero-order chi connectivity index (χ0) is 45.8. The van der Waals surface area contributed by atoms with Gasteiger partial charge in [0.05, 0.1) is 69.4 Å². The second-order valence-corrected chi connectivity index (χ2v) is 18.3. The Hall–Kier alpha value is -1.41. The minimum atomic E-state index is -8.04. The Labute approximate surface area is 350 Å². The van der Waals surface area contributed by atoms with E-state index in [0.717, 1.165) is 40.2 Å². The number of carbonyl (C=O) groups is 3. The van der Waals surface area contributed by atoms with Gasteiger partial charge in [0.25, 0.3) is 0 Å². The number of methoxy groups -OCH3 is 1. The minimum Gasteiger partial charge on any atom is -0.481 e. The monoisotopic (exact) mass is 953 g/mol. The van der Waals surface area contributed by atoms with Crippen LogP contribution < -0.4 is 0 Å². The summed E-state index contributed by atoms with van der Waals surface area (Å²) in [7, 11) is 1.47. The van der Waals surface area contributed by atoms with Crippen LogP contribution in [0, 0.1) is 29.6 Å². The van der Waals surface area contributed by atoms with Gasteiger partial charge in [-0.1, -0.05) is 13.8 Å². The van der Waals surface area contributed by atoms with Crippen LogP contribution in [-0.4, -0.2) is 156 Å². The van der Waals surface area contributed by atoms with Gasteiger partial charge in [-0.25, -0.2) is 0 Å². The molecule has 10 atom stereocenters. The number of hydrogen-bond acceptors (Lipinski definition) is 10. The largest absolute Gasteiger partial charge is 0.481 e. The summed E-state index contributed by atoms with van der Waals surface area (Å²) in [5, 5.41) is 6.57. The molecule has 2 amide bonds. The van der Waals surface area contributed by atoms with Crippen LogP contribution in [-0.2, 0) is 33.3 Å². The summed E-state index contributed by atoms with van der Waals surface area (Å²) < 4.78 is 209. The fourth-order valence-electron chi connectivity index (χ4n) is 8.07. The molecule has 0 aromatic rings. The third-order valence-corrected chi connectivity index (χ3v) is 15.1. The maximum atomic E-state index is 16.1. The number of carboxylic acid groups (broad SMARTS) is 1. The van der Waals surface area contributed by atoms with Crippen molar-refractivity contribution in [3.05, 3.63) is 0 Å². The maximum Gasteiger partial charge on any atom is 0.460 e. The molecule has 25 heteroatoms. The number of hydrogen-bond donors (Lipinski definition) is 1. The van der Waals surface area contributed by atoms with E-state index in [4.69, 9.17) is 18.9 Å². The lowest BCUT2D eigenvalue weighted by molar-refractivity contribution is -0.443. The first-order chi connectivity index (χ1) is 27.6. The Kier molecular flexibility index (Phi) is 18.2. The van der Waals surface area contributed by atoms with Gasteiger partial charge in [-0.2, -0.15) is 80.6 Å². The van der Waals surface area contributed by atoms with Crippen molar-refractivity contribution in [2.24, 2.45) is 29.6 Å². The fraction of sp³-hybridized carbons (Fsp3) is 0.914. The molecule has 1 N–H and O–H groups in total. The number of fused-ring (bicyclic) bond motifs is 1. The van der Waals surface area contributed by atoms with Crippen molar-refractivity contribution in [2.45, 2.75) is 103 Å². The van der Waals surface area contributed by atoms with E-state index in [2.05, 4.69) is 0 Å². The Morgan fingerprint density at radius 3 is 1.87 bits per heavy atom. The van der Waals surface area contributed by atoms with E-state index in [9.17, 15) is 59.0 Å². The van der Waals surface area contributed by atoms with Gasteiger partial charge in [0.2, 0.25) is 11.8 Å². The Morgan fingerprint density at radius 2 is 1.35 bits per heavy atom. The van der Waals surface area contributed by atoms with E-state index in [1.807, 2.05) is 0 Å². The molecule has 1 saturated carbocycles. The smallest absolute Gasteiger partial charge is 0.460 e. The molecule has 3 fully saturated rings. The maximum absolute atomic E-state index is 16.1. The van der Waals surface area contributed by atoms with E-state index in [0.29, 0.717) is 6.61 Å². The molecule has 0 aromatic carbocycles. The first-order valence-electron chi connectivity index (χ1n) is 18.6. The molecule has 350 valence electrons. The summed E-state index contributed by atoms with van der Waals surface area (Å²) in [5.74, 6) is -49.3. The highest BCUT2D eigenvalue weighted by Crippen LogP contribution is 2.64. The molecule has 3 rings (SSSR count). The van der Waals surface area contributed by atoms with Gasteiger partial charge in [-0.15, -0.1) is 11.8 Å². The normalized spacial score (nSPS) is 27.4. The molecule has 1 aliphatic carbocycles. The van der Waals surface area contributed by atoms with E-state index in [1.165, 1.54) is 26.5 Å². The minimum absolute atomic E-state index is 0.0665. The molecule has 0 spiro atoms. The van der Waals surface area contributed by atoms with Gasteiger partial charge in [-0.05, 0) is 50.0 Å². The molecule has 2 saturated heterocycles. The zero-order valence-corrected chi connectivity index (χ0v) is 35.4. The molecule has 3 aliphatic rings. The summed E-state index contributed by atoms with van der Waals surface area (Å²) in [6, 6.07) is 0. The Morgan fingerprint density at radius 1 is 0.800 bits per heavy atom. The number of ether oxygens (including phenoxy) is 4. The van der Waals surface area contributed by atoms with Crippen LogP contribution >= 0.6 is 35.3 Å². The van der Waals surface area contributed by atoms with Crippen LogP contribution in [0.5, 0.6) is 0 Å². The number of halogens is 13. The molecule has 10 unspecified atom stereocenters. The number of amides is 2.